The topological polar surface area (TPSA) is 113 Å². The summed E-state index contributed by atoms with van der Waals surface area (Å²) in [6.07, 6.45) is 2.42. The van der Waals surface area contributed by atoms with Crippen molar-refractivity contribution in [1.82, 2.24) is 4.98 Å². The number of pyridine rings is 1. The van der Waals surface area contributed by atoms with Gasteiger partial charge in [0.15, 0.2) is 11.3 Å². The Morgan fingerprint density at radius 2 is 1.88 bits per heavy atom. The van der Waals surface area contributed by atoms with Crippen molar-refractivity contribution in [2.45, 2.75) is 19.6 Å². The van der Waals surface area contributed by atoms with E-state index >= 15 is 0 Å². The lowest BCUT2D eigenvalue weighted by Crippen LogP contribution is -2.42. The minimum atomic E-state index is -1.31. The highest BCUT2D eigenvalue weighted by Crippen LogP contribution is 2.26. The molecule has 2 rings (SSSR count). The molecule has 1 aliphatic heterocycles. The minimum absolute atomic E-state index is 0.0470. The first-order valence-corrected chi connectivity index (χ1v) is 6.83. The molecule has 0 spiro atoms. The van der Waals surface area contributed by atoms with Gasteiger partial charge in [0.2, 0.25) is 0 Å². The van der Waals surface area contributed by atoms with Gasteiger partial charge in [-0.3, -0.25) is 0 Å². The van der Waals surface area contributed by atoms with Gasteiger partial charge in [-0.15, -0.1) is 0 Å². The smallest absolute Gasteiger partial charge is 0.356 e. The van der Waals surface area contributed by atoms with Gasteiger partial charge in [0.05, 0.1) is 26.1 Å². The van der Waals surface area contributed by atoms with Crippen molar-refractivity contribution in [3.05, 3.63) is 29.7 Å². The van der Waals surface area contributed by atoms with Crippen molar-refractivity contribution in [2.24, 2.45) is 0 Å². The standard InChI is InChI=1S/C15H16N2O7/c1-15(2)23-12(18)8(13(19)24-15)6-16-10-7-17-9(14(20)22-4)5-11(10)21-3/h5-7,16H,1-4H3. The number of anilines is 1. The Hall–Kier alpha value is -3.10. The normalized spacial score (nSPS) is 15.9. The monoisotopic (exact) mass is 336 g/mol. The van der Waals surface area contributed by atoms with Gasteiger partial charge in [0.1, 0.15) is 5.75 Å². The number of carbonyl (C=O) groups is 3. The van der Waals surface area contributed by atoms with Crippen LogP contribution in [0.15, 0.2) is 24.0 Å². The van der Waals surface area contributed by atoms with Crippen molar-refractivity contribution in [3.63, 3.8) is 0 Å². The zero-order valence-electron chi connectivity index (χ0n) is 13.5. The van der Waals surface area contributed by atoms with Crippen LogP contribution in [0, 0.1) is 0 Å². The van der Waals surface area contributed by atoms with Crippen LogP contribution < -0.4 is 10.1 Å². The Kier molecular flexibility index (Phi) is 4.72. The second kappa shape index (κ2) is 6.57. The summed E-state index contributed by atoms with van der Waals surface area (Å²) >= 11 is 0. The molecule has 0 bridgehead atoms. The molecule has 9 heteroatoms. The predicted molar refractivity (Wildman–Crippen MR) is 80.1 cm³/mol. The third kappa shape index (κ3) is 3.62. The van der Waals surface area contributed by atoms with E-state index in [-0.39, 0.29) is 17.0 Å². The van der Waals surface area contributed by atoms with Gasteiger partial charge in [-0.1, -0.05) is 0 Å². The van der Waals surface area contributed by atoms with Crippen LogP contribution in [0.4, 0.5) is 5.69 Å². The number of aromatic nitrogens is 1. The predicted octanol–water partition coefficient (Wildman–Crippen LogP) is 1.01. The van der Waals surface area contributed by atoms with Gasteiger partial charge >= 0.3 is 17.9 Å². The van der Waals surface area contributed by atoms with Crippen LogP contribution in [-0.2, 0) is 23.8 Å². The van der Waals surface area contributed by atoms with E-state index in [9.17, 15) is 14.4 Å². The summed E-state index contributed by atoms with van der Waals surface area (Å²) in [6, 6.07) is 1.35. The number of hydrogen-bond donors (Lipinski definition) is 1. The summed E-state index contributed by atoms with van der Waals surface area (Å²) in [4.78, 5) is 39.0. The fourth-order valence-corrected chi connectivity index (χ4v) is 1.86. The SMILES string of the molecule is COC(=O)c1cc(OC)c(NC=C2C(=O)OC(C)(C)OC2=O)cn1. The summed E-state index contributed by atoms with van der Waals surface area (Å²) in [5.41, 5.74) is 0.0577. The number of nitrogens with zero attached hydrogens (tertiary/aromatic N) is 1. The third-order valence-electron chi connectivity index (χ3n) is 2.97. The molecule has 1 N–H and O–H groups in total. The number of cyclic esters (lactones) is 2. The summed E-state index contributed by atoms with van der Waals surface area (Å²) in [6.45, 7) is 2.90. The number of ether oxygens (including phenoxy) is 4. The number of hydrogen-bond acceptors (Lipinski definition) is 9. The molecule has 1 aliphatic rings. The average molecular weight is 336 g/mol. The lowest BCUT2D eigenvalue weighted by atomic mass is 10.2. The Labute approximate surface area is 137 Å². The van der Waals surface area contributed by atoms with Crippen molar-refractivity contribution in [3.8, 4) is 5.75 Å². The zero-order valence-corrected chi connectivity index (χ0v) is 13.5. The molecule has 1 saturated heterocycles. The van der Waals surface area contributed by atoms with Crippen molar-refractivity contribution < 1.29 is 33.3 Å². The van der Waals surface area contributed by atoms with Gasteiger partial charge in [-0.25, -0.2) is 19.4 Å². The van der Waals surface area contributed by atoms with Crippen molar-refractivity contribution >= 4 is 23.6 Å². The van der Waals surface area contributed by atoms with Gasteiger partial charge in [-0.05, 0) is 0 Å². The maximum absolute atomic E-state index is 11.8. The molecule has 0 atom stereocenters. The minimum Gasteiger partial charge on any atom is -0.494 e. The highest BCUT2D eigenvalue weighted by Gasteiger charge is 2.39. The van der Waals surface area contributed by atoms with Crippen LogP contribution in [-0.4, -0.2) is 42.9 Å². The second-order valence-corrected chi connectivity index (χ2v) is 5.14. The molecule has 0 aromatic carbocycles. The van der Waals surface area contributed by atoms with E-state index in [1.165, 1.54) is 40.3 Å². The molecule has 9 nitrogen and oxygen atoms in total. The Balaban J connectivity index is 2.23. The zero-order chi connectivity index (χ0) is 17.9. The van der Waals surface area contributed by atoms with Crippen LogP contribution >= 0.6 is 0 Å². The van der Waals surface area contributed by atoms with E-state index in [0.717, 1.165) is 6.20 Å². The van der Waals surface area contributed by atoms with E-state index in [1.54, 1.807) is 0 Å². The molecule has 128 valence electrons. The van der Waals surface area contributed by atoms with Crippen molar-refractivity contribution in [2.75, 3.05) is 19.5 Å². The number of nitrogens with one attached hydrogen (secondary N) is 1. The number of esters is 3. The molecular weight excluding hydrogens is 320 g/mol. The molecule has 1 aromatic heterocycles. The van der Waals surface area contributed by atoms with E-state index in [4.69, 9.17) is 14.2 Å². The maximum Gasteiger partial charge on any atom is 0.356 e. The summed E-state index contributed by atoms with van der Waals surface area (Å²) in [5.74, 6) is -3.31. The fraction of sp³-hybridized carbons (Fsp3) is 0.333. The summed E-state index contributed by atoms with van der Waals surface area (Å²) < 4.78 is 19.6. The van der Waals surface area contributed by atoms with Crippen LogP contribution in [0.3, 0.4) is 0 Å². The van der Waals surface area contributed by atoms with Gasteiger partial charge in [0, 0.05) is 26.1 Å². The van der Waals surface area contributed by atoms with E-state index in [0.29, 0.717) is 5.69 Å². The fourth-order valence-electron chi connectivity index (χ4n) is 1.86. The molecule has 0 unspecified atom stereocenters. The molecule has 2 heterocycles. The summed E-state index contributed by atoms with van der Waals surface area (Å²) in [5, 5.41) is 2.70. The first-order valence-electron chi connectivity index (χ1n) is 6.83. The maximum atomic E-state index is 11.8. The largest absolute Gasteiger partial charge is 0.494 e. The van der Waals surface area contributed by atoms with Crippen molar-refractivity contribution in [1.29, 1.82) is 0 Å². The molecule has 0 aliphatic carbocycles. The summed E-state index contributed by atoms with van der Waals surface area (Å²) in [7, 11) is 2.62. The average Bonchev–Trinajstić information content (AvgIpc) is 2.52. The first-order chi connectivity index (χ1) is 11.3. The molecule has 24 heavy (non-hydrogen) atoms. The Morgan fingerprint density at radius 3 is 2.42 bits per heavy atom. The quantitative estimate of drug-likeness (QED) is 0.489. The molecule has 1 fully saturated rings. The molecule has 0 amide bonds. The molecular formula is C15H16N2O7. The second-order valence-electron chi connectivity index (χ2n) is 5.14. The molecule has 0 saturated carbocycles. The Bertz CT molecular complexity index is 703. The van der Waals surface area contributed by atoms with E-state index < -0.39 is 23.7 Å². The third-order valence-corrected chi connectivity index (χ3v) is 2.97. The highest BCUT2D eigenvalue weighted by atomic mass is 16.7. The lowest BCUT2D eigenvalue weighted by Gasteiger charge is -2.29. The van der Waals surface area contributed by atoms with Crippen LogP contribution in [0.5, 0.6) is 5.75 Å². The Morgan fingerprint density at radius 1 is 1.25 bits per heavy atom. The van der Waals surface area contributed by atoms with Gasteiger partial charge in [-0.2, -0.15) is 0 Å². The molecule has 1 aromatic rings. The van der Waals surface area contributed by atoms with Gasteiger partial charge < -0.3 is 24.3 Å². The van der Waals surface area contributed by atoms with Gasteiger partial charge in [0.25, 0.3) is 5.79 Å². The molecule has 0 radical (unpaired) electrons. The highest BCUT2D eigenvalue weighted by molar-refractivity contribution is 6.15. The number of carbonyl (C=O) groups excluding carboxylic acids is 3. The van der Waals surface area contributed by atoms with Crippen LogP contribution in [0.1, 0.15) is 24.3 Å². The number of rotatable bonds is 4. The van der Waals surface area contributed by atoms with E-state index in [2.05, 4.69) is 15.0 Å². The van der Waals surface area contributed by atoms with E-state index in [1.807, 2.05) is 0 Å². The first kappa shape index (κ1) is 17.3. The van der Waals surface area contributed by atoms with Crippen LogP contribution in [0.2, 0.25) is 0 Å². The number of methoxy groups -OCH3 is 2. The van der Waals surface area contributed by atoms with Crippen LogP contribution in [0.25, 0.3) is 0 Å². The lowest BCUT2D eigenvalue weighted by molar-refractivity contribution is -0.222.